The number of aromatic nitrogens is 2. The summed E-state index contributed by atoms with van der Waals surface area (Å²) >= 11 is 0. The van der Waals surface area contributed by atoms with E-state index in [1.807, 2.05) is 31.3 Å². The molecule has 0 saturated carbocycles. The summed E-state index contributed by atoms with van der Waals surface area (Å²) in [6, 6.07) is -0.320. The quantitative estimate of drug-likeness (QED) is 0.841. The third-order valence-corrected chi connectivity index (χ3v) is 4.97. The molecule has 0 unspecified atom stereocenters. The van der Waals surface area contributed by atoms with Crippen molar-refractivity contribution in [1.29, 1.82) is 0 Å². The number of carbonyl (C=O) groups is 2. The smallest absolute Gasteiger partial charge is 0.245 e. The molecule has 2 aliphatic rings. The standard InChI is InChI=1S/C16H24N4O2/c1-12(20-8-3-4-14(20)21)16(22)19-9-5-13(6-10-19)15-17-7-11-18(15)2/h7,11-13H,3-6,8-10H2,1-2H3/t12-/m1/s1. The van der Waals surface area contributed by atoms with Crippen molar-refractivity contribution in [2.75, 3.05) is 19.6 Å². The molecular weight excluding hydrogens is 280 g/mol. The van der Waals surface area contributed by atoms with Crippen LogP contribution in [0.2, 0.25) is 0 Å². The molecule has 3 heterocycles. The first kappa shape index (κ1) is 15.1. The van der Waals surface area contributed by atoms with Gasteiger partial charge in [-0.25, -0.2) is 4.98 Å². The third-order valence-electron chi connectivity index (χ3n) is 4.97. The zero-order valence-electron chi connectivity index (χ0n) is 13.4. The van der Waals surface area contributed by atoms with Gasteiger partial charge in [0.2, 0.25) is 11.8 Å². The van der Waals surface area contributed by atoms with Gasteiger partial charge in [-0.15, -0.1) is 0 Å². The Balaban J connectivity index is 1.58. The Labute approximate surface area is 131 Å². The van der Waals surface area contributed by atoms with Gasteiger partial charge in [0.05, 0.1) is 0 Å². The lowest BCUT2D eigenvalue weighted by Gasteiger charge is -2.35. The van der Waals surface area contributed by atoms with Crippen LogP contribution >= 0.6 is 0 Å². The summed E-state index contributed by atoms with van der Waals surface area (Å²) < 4.78 is 2.06. The molecule has 2 fully saturated rings. The molecule has 0 aromatic carbocycles. The van der Waals surface area contributed by atoms with Crippen LogP contribution in [0.25, 0.3) is 0 Å². The average Bonchev–Trinajstić information content (AvgIpc) is 3.14. The minimum absolute atomic E-state index is 0.0912. The fourth-order valence-corrected chi connectivity index (χ4v) is 3.60. The van der Waals surface area contributed by atoms with E-state index in [1.54, 1.807) is 4.90 Å². The SMILES string of the molecule is C[C@H](C(=O)N1CCC(c2nccn2C)CC1)N1CCCC1=O. The Morgan fingerprint density at radius 2 is 2.05 bits per heavy atom. The van der Waals surface area contributed by atoms with Crippen LogP contribution in [0.15, 0.2) is 12.4 Å². The van der Waals surface area contributed by atoms with Crippen LogP contribution in [0.1, 0.15) is 44.3 Å². The normalized spacial score (nSPS) is 21.5. The lowest BCUT2D eigenvalue weighted by molar-refractivity contribution is -0.143. The summed E-state index contributed by atoms with van der Waals surface area (Å²) in [4.78, 5) is 32.5. The topological polar surface area (TPSA) is 58.4 Å². The van der Waals surface area contributed by atoms with E-state index < -0.39 is 0 Å². The highest BCUT2D eigenvalue weighted by molar-refractivity contribution is 5.88. The molecule has 22 heavy (non-hydrogen) atoms. The summed E-state index contributed by atoms with van der Waals surface area (Å²) in [6.07, 6.45) is 7.13. The Kier molecular flexibility index (Phi) is 4.18. The van der Waals surface area contributed by atoms with Crippen molar-refractivity contribution in [3.63, 3.8) is 0 Å². The number of carbonyl (C=O) groups excluding carboxylic acids is 2. The number of hydrogen-bond acceptors (Lipinski definition) is 3. The molecule has 2 saturated heterocycles. The third kappa shape index (κ3) is 2.74. The van der Waals surface area contributed by atoms with Gasteiger partial charge in [0.15, 0.2) is 0 Å². The van der Waals surface area contributed by atoms with E-state index in [0.29, 0.717) is 12.3 Å². The fourth-order valence-electron chi connectivity index (χ4n) is 3.60. The zero-order chi connectivity index (χ0) is 15.7. The predicted octanol–water partition coefficient (Wildman–Crippen LogP) is 1.14. The van der Waals surface area contributed by atoms with Crippen LogP contribution in [-0.4, -0.2) is 56.8 Å². The second kappa shape index (κ2) is 6.10. The highest BCUT2D eigenvalue weighted by Crippen LogP contribution is 2.27. The molecule has 1 aromatic rings. The zero-order valence-corrected chi connectivity index (χ0v) is 13.4. The van der Waals surface area contributed by atoms with Gasteiger partial charge in [0.25, 0.3) is 0 Å². The summed E-state index contributed by atoms with van der Waals surface area (Å²) in [5, 5.41) is 0. The Hall–Kier alpha value is -1.85. The van der Waals surface area contributed by atoms with Gasteiger partial charge >= 0.3 is 0 Å². The molecule has 0 spiro atoms. The molecule has 3 rings (SSSR count). The summed E-state index contributed by atoms with van der Waals surface area (Å²) in [7, 11) is 2.01. The number of nitrogens with zero attached hydrogens (tertiary/aromatic N) is 4. The second-order valence-electron chi connectivity index (χ2n) is 6.36. The van der Waals surface area contributed by atoms with E-state index in [-0.39, 0.29) is 17.9 Å². The van der Waals surface area contributed by atoms with Crippen LogP contribution in [0.5, 0.6) is 0 Å². The van der Waals surface area contributed by atoms with Crippen molar-refractivity contribution in [3.8, 4) is 0 Å². The minimum Gasteiger partial charge on any atom is -0.341 e. The molecule has 0 bridgehead atoms. The molecule has 1 atom stereocenters. The summed E-state index contributed by atoms with van der Waals surface area (Å²) in [5.41, 5.74) is 0. The second-order valence-corrected chi connectivity index (χ2v) is 6.36. The van der Waals surface area contributed by atoms with Gasteiger partial charge in [0, 0.05) is 51.4 Å². The van der Waals surface area contributed by atoms with Crippen LogP contribution in [0.3, 0.4) is 0 Å². The molecular formula is C16H24N4O2. The van der Waals surface area contributed by atoms with E-state index >= 15 is 0 Å². The number of likely N-dealkylation sites (tertiary alicyclic amines) is 2. The van der Waals surface area contributed by atoms with Gasteiger partial charge in [-0.1, -0.05) is 0 Å². The Morgan fingerprint density at radius 1 is 1.32 bits per heavy atom. The van der Waals surface area contributed by atoms with E-state index in [4.69, 9.17) is 0 Å². The van der Waals surface area contributed by atoms with Crippen LogP contribution < -0.4 is 0 Å². The molecule has 6 heteroatoms. The lowest BCUT2D eigenvalue weighted by Crippen LogP contribution is -2.49. The first-order chi connectivity index (χ1) is 10.6. The summed E-state index contributed by atoms with van der Waals surface area (Å²) in [6.45, 7) is 4.08. The van der Waals surface area contributed by atoms with E-state index in [9.17, 15) is 9.59 Å². The van der Waals surface area contributed by atoms with E-state index in [2.05, 4.69) is 9.55 Å². The lowest BCUT2D eigenvalue weighted by atomic mass is 9.95. The van der Waals surface area contributed by atoms with Crippen molar-refractivity contribution < 1.29 is 9.59 Å². The molecule has 0 aliphatic carbocycles. The number of imidazole rings is 1. The largest absolute Gasteiger partial charge is 0.341 e. The number of piperidine rings is 1. The van der Waals surface area contributed by atoms with Crippen molar-refractivity contribution in [2.24, 2.45) is 7.05 Å². The van der Waals surface area contributed by atoms with Crippen molar-refractivity contribution in [3.05, 3.63) is 18.2 Å². The van der Waals surface area contributed by atoms with Gasteiger partial charge in [-0.2, -0.15) is 0 Å². The van der Waals surface area contributed by atoms with Crippen molar-refractivity contribution >= 4 is 11.8 Å². The predicted molar refractivity (Wildman–Crippen MR) is 82.2 cm³/mol. The van der Waals surface area contributed by atoms with Crippen molar-refractivity contribution in [1.82, 2.24) is 19.4 Å². The van der Waals surface area contributed by atoms with Crippen LogP contribution in [0, 0.1) is 0 Å². The van der Waals surface area contributed by atoms with E-state index in [1.165, 1.54) is 0 Å². The van der Waals surface area contributed by atoms with Crippen molar-refractivity contribution in [2.45, 2.75) is 44.6 Å². The number of amides is 2. The maximum atomic E-state index is 12.6. The molecule has 6 nitrogen and oxygen atoms in total. The monoisotopic (exact) mass is 304 g/mol. The van der Waals surface area contributed by atoms with Gasteiger partial charge in [0.1, 0.15) is 11.9 Å². The maximum absolute atomic E-state index is 12.6. The number of hydrogen-bond donors (Lipinski definition) is 0. The minimum atomic E-state index is -0.320. The van der Waals surface area contributed by atoms with Crippen LogP contribution in [-0.2, 0) is 16.6 Å². The first-order valence-electron chi connectivity index (χ1n) is 8.13. The molecule has 0 radical (unpaired) electrons. The van der Waals surface area contributed by atoms with Gasteiger partial charge in [-0.3, -0.25) is 9.59 Å². The number of rotatable bonds is 3. The van der Waals surface area contributed by atoms with E-state index in [0.717, 1.165) is 44.7 Å². The maximum Gasteiger partial charge on any atom is 0.245 e. The molecule has 120 valence electrons. The van der Waals surface area contributed by atoms with Crippen LogP contribution in [0.4, 0.5) is 0 Å². The van der Waals surface area contributed by atoms with Gasteiger partial charge < -0.3 is 14.4 Å². The molecule has 2 aliphatic heterocycles. The Bertz CT molecular complexity index is 560. The Morgan fingerprint density at radius 3 is 2.59 bits per heavy atom. The first-order valence-corrected chi connectivity index (χ1v) is 8.13. The fraction of sp³-hybridized carbons (Fsp3) is 0.688. The average molecular weight is 304 g/mol. The molecule has 2 amide bonds. The van der Waals surface area contributed by atoms with Gasteiger partial charge in [-0.05, 0) is 26.2 Å². The highest BCUT2D eigenvalue weighted by Gasteiger charge is 2.34. The summed E-state index contributed by atoms with van der Waals surface area (Å²) in [5.74, 6) is 1.74. The number of aryl methyl sites for hydroxylation is 1. The highest BCUT2D eigenvalue weighted by atomic mass is 16.2. The molecule has 1 aromatic heterocycles. The molecule has 0 N–H and O–H groups in total.